The van der Waals surface area contributed by atoms with E-state index in [1.54, 1.807) is 6.92 Å². The van der Waals surface area contributed by atoms with Crippen LogP contribution in [0.25, 0.3) is 0 Å². The van der Waals surface area contributed by atoms with Crippen molar-refractivity contribution in [1.82, 2.24) is 15.3 Å². The standard InChI is InChI=1S/C23H30N6O/c1-4-5-7-19-13-22(29-11-6-8-21(15-29)25-17(3)30)28-23(26-19)27-20-10-9-16(2)18(12-20)14-24/h9-10,12-13,21H,4-8,11,15H2,1-3H3,(H,25,30)(H,26,27,28). The summed E-state index contributed by atoms with van der Waals surface area (Å²) >= 11 is 0. The number of hydrogen-bond acceptors (Lipinski definition) is 6. The summed E-state index contributed by atoms with van der Waals surface area (Å²) in [5, 5.41) is 15.6. The van der Waals surface area contributed by atoms with E-state index in [0.29, 0.717) is 11.5 Å². The van der Waals surface area contributed by atoms with Crippen LogP contribution >= 0.6 is 0 Å². The average molecular weight is 407 g/mol. The van der Waals surface area contributed by atoms with Gasteiger partial charge < -0.3 is 15.5 Å². The SMILES string of the molecule is CCCCc1cc(N2CCCC(NC(C)=O)C2)nc(Nc2ccc(C)c(C#N)c2)n1. The fourth-order valence-corrected chi connectivity index (χ4v) is 3.73. The Morgan fingerprint density at radius 2 is 2.17 bits per heavy atom. The van der Waals surface area contributed by atoms with E-state index >= 15 is 0 Å². The number of nitriles is 1. The van der Waals surface area contributed by atoms with Crippen molar-refractivity contribution in [1.29, 1.82) is 5.26 Å². The molecule has 7 heteroatoms. The fraction of sp³-hybridized carbons (Fsp3) is 0.478. The third-order valence-electron chi connectivity index (χ3n) is 5.32. The van der Waals surface area contributed by atoms with Gasteiger partial charge >= 0.3 is 0 Å². The van der Waals surface area contributed by atoms with E-state index in [1.165, 1.54) is 0 Å². The maximum absolute atomic E-state index is 11.5. The van der Waals surface area contributed by atoms with Gasteiger partial charge in [-0.1, -0.05) is 19.4 Å². The van der Waals surface area contributed by atoms with Crippen molar-refractivity contribution in [3.05, 3.63) is 41.1 Å². The van der Waals surface area contributed by atoms with E-state index < -0.39 is 0 Å². The minimum atomic E-state index is 0.00296. The monoisotopic (exact) mass is 406 g/mol. The van der Waals surface area contributed by atoms with E-state index in [1.807, 2.05) is 25.1 Å². The van der Waals surface area contributed by atoms with Crippen molar-refractivity contribution < 1.29 is 4.79 Å². The Balaban J connectivity index is 1.86. The van der Waals surface area contributed by atoms with Crippen LogP contribution in [0.5, 0.6) is 0 Å². The largest absolute Gasteiger partial charge is 0.354 e. The zero-order valence-corrected chi connectivity index (χ0v) is 18.0. The summed E-state index contributed by atoms with van der Waals surface area (Å²) in [6.45, 7) is 7.30. The predicted molar refractivity (Wildman–Crippen MR) is 119 cm³/mol. The first-order valence-electron chi connectivity index (χ1n) is 10.7. The van der Waals surface area contributed by atoms with Gasteiger partial charge in [-0.05, 0) is 50.3 Å². The molecule has 1 atom stereocenters. The summed E-state index contributed by atoms with van der Waals surface area (Å²) in [5.41, 5.74) is 3.37. The molecule has 0 radical (unpaired) electrons. The molecule has 1 fully saturated rings. The van der Waals surface area contributed by atoms with Crippen molar-refractivity contribution in [2.45, 2.75) is 58.9 Å². The summed E-state index contributed by atoms with van der Waals surface area (Å²) in [6.07, 6.45) is 5.04. The molecule has 1 aromatic heterocycles. The molecule has 7 nitrogen and oxygen atoms in total. The zero-order chi connectivity index (χ0) is 21.5. The van der Waals surface area contributed by atoms with Crippen LogP contribution < -0.4 is 15.5 Å². The number of nitrogens with one attached hydrogen (secondary N) is 2. The molecule has 1 unspecified atom stereocenters. The Labute approximate surface area is 178 Å². The molecule has 158 valence electrons. The van der Waals surface area contributed by atoms with Crippen LogP contribution in [0.1, 0.15) is 56.4 Å². The number of amides is 1. The molecule has 1 aliphatic rings. The number of benzene rings is 1. The van der Waals surface area contributed by atoms with Gasteiger partial charge in [-0.3, -0.25) is 4.79 Å². The Morgan fingerprint density at radius 3 is 2.90 bits per heavy atom. The summed E-state index contributed by atoms with van der Waals surface area (Å²) in [6, 6.07) is 10.1. The van der Waals surface area contributed by atoms with Crippen LogP contribution in [-0.4, -0.2) is 35.0 Å². The molecule has 1 aromatic carbocycles. The number of anilines is 3. The number of piperidine rings is 1. The van der Waals surface area contributed by atoms with E-state index in [9.17, 15) is 10.1 Å². The van der Waals surface area contributed by atoms with E-state index in [4.69, 9.17) is 9.97 Å². The first-order valence-corrected chi connectivity index (χ1v) is 10.7. The number of carbonyl (C=O) groups is 1. The van der Waals surface area contributed by atoms with Crippen LogP contribution in [0.3, 0.4) is 0 Å². The first-order chi connectivity index (χ1) is 14.5. The van der Waals surface area contributed by atoms with Crippen LogP contribution in [-0.2, 0) is 11.2 Å². The van der Waals surface area contributed by atoms with Crippen LogP contribution in [0.2, 0.25) is 0 Å². The molecular weight excluding hydrogens is 376 g/mol. The van der Waals surface area contributed by atoms with Crippen molar-refractivity contribution in [2.24, 2.45) is 0 Å². The fourth-order valence-electron chi connectivity index (χ4n) is 3.73. The van der Waals surface area contributed by atoms with Crippen molar-refractivity contribution in [2.75, 3.05) is 23.3 Å². The van der Waals surface area contributed by atoms with Gasteiger partial charge in [0.1, 0.15) is 5.82 Å². The molecule has 30 heavy (non-hydrogen) atoms. The van der Waals surface area contributed by atoms with Gasteiger partial charge in [0.15, 0.2) is 0 Å². The van der Waals surface area contributed by atoms with Gasteiger partial charge in [-0.25, -0.2) is 4.98 Å². The third kappa shape index (κ3) is 5.69. The molecule has 3 rings (SSSR count). The number of rotatable bonds is 7. The molecule has 0 aliphatic carbocycles. The van der Waals surface area contributed by atoms with Crippen LogP contribution in [0, 0.1) is 18.3 Å². The quantitative estimate of drug-likeness (QED) is 0.725. The zero-order valence-electron chi connectivity index (χ0n) is 18.0. The lowest BCUT2D eigenvalue weighted by molar-refractivity contribution is -0.119. The van der Waals surface area contributed by atoms with Crippen LogP contribution in [0.15, 0.2) is 24.3 Å². The first kappa shape index (κ1) is 21.6. The van der Waals surface area contributed by atoms with Crippen LogP contribution in [0.4, 0.5) is 17.5 Å². The minimum Gasteiger partial charge on any atom is -0.354 e. The second kappa shape index (κ2) is 10.1. The summed E-state index contributed by atoms with van der Waals surface area (Å²) in [7, 11) is 0. The van der Waals surface area contributed by atoms with Crippen molar-refractivity contribution in [3.63, 3.8) is 0 Å². The van der Waals surface area contributed by atoms with Gasteiger partial charge in [-0.15, -0.1) is 0 Å². The van der Waals surface area contributed by atoms with E-state index in [0.717, 1.165) is 68.0 Å². The molecule has 2 heterocycles. The molecule has 1 amide bonds. The Bertz CT molecular complexity index is 936. The van der Waals surface area contributed by atoms with Crippen molar-refractivity contribution in [3.8, 4) is 6.07 Å². The van der Waals surface area contributed by atoms with Gasteiger partial charge in [-0.2, -0.15) is 10.2 Å². The normalized spacial score (nSPS) is 16.1. The summed E-state index contributed by atoms with van der Waals surface area (Å²) in [4.78, 5) is 23.2. The molecule has 2 aromatic rings. The van der Waals surface area contributed by atoms with Gasteiger partial charge in [0, 0.05) is 43.5 Å². The second-order valence-corrected chi connectivity index (χ2v) is 7.90. The number of unbranched alkanes of at least 4 members (excludes halogenated alkanes) is 1. The van der Waals surface area contributed by atoms with Gasteiger partial charge in [0.05, 0.1) is 11.6 Å². The summed E-state index contributed by atoms with van der Waals surface area (Å²) in [5.74, 6) is 1.41. The van der Waals surface area contributed by atoms with E-state index in [-0.39, 0.29) is 11.9 Å². The maximum Gasteiger partial charge on any atom is 0.229 e. The van der Waals surface area contributed by atoms with E-state index in [2.05, 4.69) is 34.6 Å². The Kier molecular flexibility index (Phi) is 7.23. The molecule has 2 N–H and O–H groups in total. The molecule has 0 bridgehead atoms. The highest BCUT2D eigenvalue weighted by Gasteiger charge is 2.22. The lowest BCUT2D eigenvalue weighted by atomic mass is 10.1. The molecular formula is C23H30N6O. The van der Waals surface area contributed by atoms with Crippen molar-refractivity contribution >= 4 is 23.4 Å². The second-order valence-electron chi connectivity index (χ2n) is 7.90. The Morgan fingerprint density at radius 1 is 1.33 bits per heavy atom. The molecule has 0 spiro atoms. The highest BCUT2D eigenvalue weighted by molar-refractivity contribution is 5.73. The number of aromatic nitrogens is 2. The molecule has 0 saturated carbocycles. The number of carbonyl (C=O) groups excluding carboxylic acids is 1. The Hall–Kier alpha value is -3.14. The number of hydrogen-bond donors (Lipinski definition) is 2. The molecule has 1 aliphatic heterocycles. The highest BCUT2D eigenvalue weighted by atomic mass is 16.1. The smallest absolute Gasteiger partial charge is 0.229 e. The number of aryl methyl sites for hydroxylation is 2. The number of nitrogens with zero attached hydrogens (tertiary/aromatic N) is 4. The average Bonchev–Trinajstić information content (AvgIpc) is 2.73. The summed E-state index contributed by atoms with van der Waals surface area (Å²) < 4.78 is 0. The molecule has 1 saturated heterocycles. The van der Waals surface area contributed by atoms with Gasteiger partial charge in [0.2, 0.25) is 11.9 Å². The van der Waals surface area contributed by atoms with Gasteiger partial charge in [0.25, 0.3) is 0 Å². The predicted octanol–water partition coefficient (Wildman–Crippen LogP) is 3.85. The topological polar surface area (TPSA) is 93.9 Å². The lowest BCUT2D eigenvalue weighted by Gasteiger charge is -2.34. The lowest BCUT2D eigenvalue weighted by Crippen LogP contribution is -2.47. The third-order valence-corrected chi connectivity index (χ3v) is 5.32. The maximum atomic E-state index is 11.5. The minimum absolute atomic E-state index is 0.00296. The highest BCUT2D eigenvalue weighted by Crippen LogP contribution is 2.24.